The summed E-state index contributed by atoms with van der Waals surface area (Å²) in [5, 5.41) is 4.60. The summed E-state index contributed by atoms with van der Waals surface area (Å²) in [5.41, 5.74) is 3.47. The van der Waals surface area contributed by atoms with Gasteiger partial charge in [-0.2, -0.15) is 0 Å². The summed E-state index contributed by atoms with van der Waals surface area (Å²) in [6.45, 7) is 10.3. The summed E-state index contributed by atoms with van der Waals surface area (Å²) in [6, 6.07) is 16.4. The fraction of sp³-hybridized carbons (Fsp3) is 0.423. The van der Waals surface area contributed by atoms with Gasteiger partial charge in [0.05, 0.1) is 12.8 Å². The van der Waals surface area contributed by atoms with Crippen molar-refractivity contribution in [2.75, 3.05) is 39.8 Å². The van der Waals surface area contributed by atoms with Gasteiger partial charge in [-0.15, -0.1) is 5.10 Å². The topological polar surface area (TPSA) is 63.5 Å². The summed E-state index contributed by atoms with van der Waals surface area (Å²) < 4.78 is 7.02. The summed E-state index contributed by atoms with van der Waals surface area (Å²) in [5.74, 6) is 2.15. The lowest BCUT2D eigenvalue weighted by Crippen LogP contribution is -2.49. The molecule has 1 saturated heterocycles. The molecule has 4 rings (SSSR count). The lowest BCUT2D eigenvalue weighted by atomic mass is 10.0. The molecule has 3 aromatic rings. The van der Waals surface area contributed by atoms with Crippen molar-refractivity contribution in [1.82, 2.24) is 24.6 Å². The number of carbonyl (C=O) groups excluding carboxylic acids is 1. The second-order valence-corrected chi connectivity index (χ2v) is 8.84. The van der Waals surface area contributed by atoms with E-state index >= 15 is 0 Å². The van der Waals surface area contributed by atoms with E-state index in [9.17, 15) is 4.79 Å². The largest absolute Gasteiger partial charge is 0.497 e. The van der Waals surface area contributed by atoms with Crippen molar-refractivity contribution < 1.29 is 9.53 Å². The first-order valence-corrected chi connectivity index (χ1v) is 11.6. The van der Waals surface area contributed by atoms with E-state index in [1.165, 1.54) is 11.1 Å². The molecule has 0 bridgehead atoms. The minimum absolute atomic E-state index is 0.0892. The van der Waals surface area contributed by atoms with Gasteiger partial charge < -0.3 is 9.64 Å². The molecular formula is C26H33N5O2. The highest BCUT2D eigenvalue weighted by Crippen LogP contribution is 2.23. The van der Waals surface area contributed by atoms with E-state index in [0.717, 1.165) is 43.3 Å². The first-order chi connectivity index (χ1) is 16.0. The van der Waals surface area contributed by atoms with Gasteiger partial charge in [0.15, 0.2) is 0 Å². The van der Waals surface area contributed by atoms with E-state index in [1.54, 1.807) is 11.8 Å². The Balaban J connectivity index is 1.36. The molecule has 0 saturated carbocycles. The Bertz CT molecular complexity index is 1080. The molecular weight excluding hydrogens is 414 g/mol. The fourth-order valence-electron chi connectivity index (χ4n) is 4.27. The minimum atomic E-state index is -0.0892. The van der Waals surface area contributed by atoms with Crippen LogP contribution in [0.3, 0.4) is 0 Å². The van der Waals surface area contributed by atoms with Crippen LogP contribution in [0.5, 0.6) is 5.75 Å². The third kappa shape index (κ3) is 5.25. The summed E-state index contributed by atoms with van der Waals surface area (Å²) in [4.78, 5) is 21.9. The van der Waals surface area contributed by atoms with Crippen LogP contribution < -0.4 is 4.74 Å². The number of aromatic nitrogens is 3. The molecule has 174 valence electrons. The number of piperazine rings is 1. The van der Waals surface area contributed by atoms with E-state index in [0.29, 0.717) is 19.0 Å². The van der Waals surface area contributed by atoms with E-state index in [2.05, 4.69) is 47.0 Å². The average Bonchev–Trinajstić information content (AvgIpc) is 3.24. The van der Waals surface area contributed by atoms with E-state index in [-0.39, 0.29) is 11.7 Å². The van der Waals surface area contributed by atoms with E-state index < -0.39 is 0 Å². The molecule has 1 aliphatic heterocycles. The Morgan fingerprint density at radius 3 is 2.39 bits per heavy atom. The van der Waals surface area contributed by atoms with Gasteiger partial charge in [0.1, 0.15) is 11.6 Å². The Hall–Kier alpha value is -3.19. The van der Waals surface area contributed by atoms with Crippen molar-refractivity contribution in [3.8, 4) is 11.4 Å². The minimum Gasteiger partial charge on any atom is -0.497 e. The predicted molar refractivity (Wildman–Crippen MR) is 129 cm³/mol. The van der Waals surface area contributed by atoms with Gasteiger partial charge in [-0.05, 0) is 48.6 Å². The molecule has 0 unspecified atom stereocenters. The lowest BCUT2D eigenvalue weighted by Gasteiger charge is -2.34. The van der Waals surface area contributed by atoms with Crippen molar-refractivity contribution >= 4 is 5.91 Å². The third-order valence-electron chi connectivity index (χ3n) is 6.28. The van der Waals surface area contributed by atoms with Crippen LogP contribution in [0.2, 0.25) is 0 Å². The number of methoxy groups -OCH3 is 1. The number of hydrogen-bond acceptors (Lipinski definition) is 5. The number of aryl methyl sites for hydroxylation is 1. The first-order valence-electron chi connectivity index (χ1n) is 11.6. The Morgan fingerprint density at radius 2 is 1.73 bits per heavy atom. The van der Waals surface area contributed by atoms with Gasteiger partial charge in [0.25, 0.3) is 5.91 Å². The van der Waals surface area contributed by atoms with Crippen LogP contribution in [-0.4, -0.2) is 70.3 Å². The van der Waals surface area contributed by atoms with Gasteiger partial charge in [0.2, 0.25) is 5.82 Å². The smallest absolute Gasteiger partial charge is 0.293 e. The monoisotopic (exact) mass is 447 g/mol. The quantitative estimate of drug-likeness (QED) is 0.553. The molecule has 0 N–H and O–H groups in total. The van der Waals surface area contributed by atoms with Crippen LogP contribution in [-0.2, 0) is 6.42 Å². The molecule has 7 heteroatoms. The highest BCUT2D eigenvalue weighted by molar-refractivity contribution is 5.90. The molecule has 1 amide bonds. The maximum Gasteiger partial charge on any atom is 0.293 e. The molecule has 7 nitrogen and oxygen atoms in total. The molecule has 0 radical (unpaired) electrons. The average molecular weight is 448 g/mol. The maximum absolute atomic E-state index is 13.1. The second kappa shape index (κ2) is 10.2. The molecule has 0 aliphatic carbocycles. The van der Waals surface area contributed by atoms with Crippen molar-refractivity contribution in [2.45, 2.75) is 33.1 Å². The van der Waals surface area contributed by atoms with Crippen molar-refractivity contribution in [2.24, 2.45) is 0 Å². The van der Waals surface area contributed by atoms with E-state index in [4.69, 9.17) is 4.74 Å². The Labute approximate surface area is 196 Å². The number of hydrogen-bond donors (Lipinski definition) is 0. The molecule has 1 aromatic heterocycles. The zero-order chi connectivity index (χ0) is 23.4. The molecule has 1 aliphatic rings. The highest BCUT2D eigenvalue weighted by atomic mass is 16.5. The van der Waals surface area contributed by atoms with Crippen LogP contribution in [0.25, 0.3) is 5.69 Å². The Morgan fingerprint density at radius 1 is 1.03 bits per heavy atom. The number of nitrogens with zero attached hydrogens (tertiary/aromatic N) is 5. The van der Waals surface area contributed by atoms with Crippen LogP contribution in [0.4, 0.5) is 0 Å². The van der Waals surface area contributed by atoms with Gasteiger partial charge in [-0.1, -0.05) is 44.2 Å². The maximum atomic E-state index is 13.1. The van der Waals surface area contributed by atoms with Gasteiger partial charge in [-0.3, -0.25) is 9.69 Å². The molecule has 0 spiro atoms. The second-order valence-electron chi connectivity index (χ2n) is 8.84. The molecule has 2 heterocycles. The SMILES string of the molecule is COc1ccc(CCN2CCN(C(=O)c3nc(C)n(-c4ccccc4C(C)C)n3)CC2)cc1. The normalized spacial score (nSPS) is 14.6. The number of carbonyl (C=O) groups is 1. The fourth-order valence-corrected chi connectivity index (χ4v) is 4.27. The number of ether oxygens (including phenoxy) is 1. The van der Waals surface area contributed by atoms with Crippen molar-refractivity contribution in [3.05, 3.63) is 71.3 Å². The molecule has 1 fully saturated rings. The van der Waals surface area contributed by atoms with Gasteiger partial charge >= 0.3 is 0 Å². The highest BCUT2D eigenvalue weighted by Gasteiger charge is 2.26. The number of benzene rings is 2. The van der Waals surface area contributed by atoms with Crippen molar-refractivity contribution in [3.63, 3.8) is 0 Å². The van der Waals surface area contributed by atoms with Gasteiger partial charge in [0, 0.05) is 32.7 Å². The summed E-state index contributed by atoms with van der Waals surface area (Å²) in [6.07, 6.45) is 0.984. The van der Waals surface area contributed by atoms with Crippen LogP contribution in [0.1, 0.15) is 47.3 Å². The summed E-state index contributed by atoms with van der Waals surface area (Å²) >= 11 is 0. The first kappa shape index (κ1) is 23.0. The zero-order valence-electron chi connectivity index (χ0n) is 20.0. The summed E-state index contributed by atoms with van der Waals surface area (Å²) in [7, 11) is 1.68. The van der Waals surface area contributed by atoms with Crippen LogP contribution >= 0.6 is 0 Å². The molecule has 33 heavy (non-hydrogen) atoms. The lowest BCUT2D eigenvalue weighted by molar-refractivity contribution is 0.0626. The Kier molecular flexibility index (Phi) is 7.08. The van der Waals surface area contributed by atoms with Crippen LogP contribution in [0, 0.1) is 6.92 Å². The number of amides is 1. The van der Waals surface area contributed by atoms with Crippen molar-refractivity contribution in [1.29, 1.82) is 0 Å². The standard InChI is InChI=1S/C26H33N5O2/c1-19(2)23-7-5-6-8-24(23)31-20(3)27-25(28-31)26(32)30-17-15-29(16-18-30)14-13-21-9-11-22(33-4)12-10-21/h5-12,19H,13-18H2,1-4H3. The number of rotatable bonds is 7. The zero-order valence-corrected chi connectivity index (χ0v) is 20.0. The molecule has 0 atom stereocenters. The number of para-hydroxylation sites is 1. The predicted octanol–water partition coefficient (Wildman–Crippen LogP) is 3.71. The van der Waals surface area contributed by atoms with E-state index in [1.807, 2.05) is 42.2 Å². The van der Waals surface area contributed by atoms with Crippen LogP contribution in [0.15, 0.2) is 48.5 Å². The third-order valence-corrected chi connectivity index (χ3v) is 6.28. The van der Waals surface area contributed by atoms with Gasteiger partial charge in [-0.25, -0.2) is 9.67 Å². The molecule has 2 aromatic carbocycles.